The number of hydrogen-bond acceptors (Lipinski definition) is 5. The number of carbonyl (C=O) groups excluding carboxylic acids is 1. The zero-order chi connectivity index (χ0) is 17.8. The van der Waals surface area contributed by atoms with Crippen molar-refractivity contribution in [1.29, 1.82) is 0 Å². The lowest BCUT2D eigenvalue weighted by molar-refractivity contribution is -0.115. The molecule has 0 fully saturated rings. The summed E-state index contributed by atoms with van der Waals surface area (Å²) in [6.07, 6.45) is 7.27. The number of nitrogens with one attached hydrogen (secondary N) is 1. The van der Waals surface area contributed by atoms with Crippen molar-refractivity contribution >= 4 is 22.4 Å². The van der Waals surface area contributed by atoms with Gasteiger partial charge in [0, 0.05) is 29.5 Å². The van der Waals surface area contributed by atoms with Crippen LogP contribution in [-0.4, -0.2) is 25.7 Å². The second-order valence-electron chi connectivity index (χ2n) is 5.63. The molecule has 0 atom stereocenters. The summed E-state index contributed by atoms with van der Waals surface area (Å²) in [4.78, 5) is 20.8. The van der Waals surface area contributed by atoms with E-state index in [2.05, 4.69) is 20.4 Å². The average molecular weight is 361 g/mol. The zero-order valence-electron chi connectivity index (χ0n) is 13.7. The molecule has 1 aromatic carbocycles. The Kier molecular flexibility index (Phi) is 4.53. The van der Waals surface area contributed by atoms with Gasteiger partial charge in [-0.25, -0.2) is 9.67 Å². The van der Waals surface area contributed by atoms with Crippen molar-refractivity contribution in [2.75, 3.05) is 5.32 Å². The maximum absolute atomic E-state index is 12.3. The summed E-state index contributed by atoms with van der Waals surface area (Å²) in [6.45, 7) is 0. The van der Waals surface area contributed by atoms with Crippen LogP contribution in [0.4, 0.5) is 5.13 Å². The number of anilines is 1. The highest BCUT2D eigenvalue weighted by atomic mass is 32.1. The molecule has 3 aromatic heterocycles. The number of benzene rings is 1. The van der Waals surface area contributed by atoms with Crippen molar-refractivity contribution < 1.29 is 4.79 Å². The average Bonchev–Trinajstić information content (AvgIpc) is 3.33. The third kappa shape index (κ3) is 3.68. The summed E-state index contributed by atoms with van der Waals surface area (Å²) >= 11 is 1.39. The lowest BCUT2D eigenvalue weighted by Crippen LogP contribution is -2.13. The van der Waals surface area contributed by atoms with Gasteiger partial charge in [-0.2, -0.15) is 5.10 Å². The molecule has 128 valence electrons. The SMILES string of the molecule is O=C(Cc1cnn(-c2ccccc2)c1)Nc1nc(-c2cccnc2)cs1. The van der Waals surface area contributed by atoms with Gasteiger partial charge in [0.05, 0.1) is 24.0 Å². The first-order valence-electron chi connectivity index (χ1n) is 8.03. The molecule has 26 heavy (non-hydrogen) atoms. The van der Waals surface area contributed by atoms with Gasteiger partial charge in [-0.15, -0.1) is 11.3 Å². The van der Waals surface area contributed by atoms with E-state index >= 15 is 0 Å². The molecule has 6 nitrogen and oxygen atoms in total. The zero-order valence-corrected chi connectivity index (χ0v) is 14.6. The lowest BCUT2D eigenvalue weighted by atomic mass is 10.2. The van der Waals surface area contributed by atoms with Crippen LogP contribution in [0.15, 0.2) is 72.6 Å². The predicted molar refractivity (Wildman–Crippen MR) is 101 cm³/mol. The molecule has 7 heteroatoms. The van der Waals surface area contributed by atoms with Crippen LogP contribution in [-0.2, 0) is 11.2 Å². The standard InChI is InChI=1S/C19H15N5OS/c25-18(9-14-10-21-24(12-14)16-6-2-1-3-7-16)23-19-22-17(13-26-19)15-5-4-8-20-11-15/h1-8,10-13H,9H2,(H,22,23,25). The van der Waals surface area contributed by atoms with Gasteiger partial charge in [-0.05, 0) is 29.8 Å². The first-order chi connectivity index (χ1) is 12.8. The summed E-state index contributed by atoms with van der Waals surface area (Å²) in [7, 11) is 0. The van der Waals surface area contributed by atoms with Gasteiger partial charge in [-0.3, -0.25) is 9.78 Å². The Balaban J connectivity index is 1.40. The van der Waals surface area contributed by atoms with E-state index in [1.165, 1.54) is 11.3 Å². The topological polar surface area (TPSA) is 72.7 Å². The summed E-state index contributed by atoms with van der Waals surface area (Å²) < 4.78 is 1.76. The quantitative estimate of drug-likeness (QED) is 0.590. The highest BCUT2D eigenvalue weighted by Gasteiger charge is 2.10. The molecule has 4 rings (SSSR count). The molecule has 0 aliphatic carbocycles. The molecule has 0 unspecified atom stereocenters. The Morgan fingerprint density at radius 1 is 1.12 bits per heavy atom. The fourth-order valence-corrected chi connectivity index (χ4v) is 3.24. The maximum atomic E-state index is 12.3. The van der Waals surface area contributed by atoms with Crippen molar-refractivity contribution in [2.45, 2.75) is 6.42 Å². The first kappa shape index (κ1) is 16.2. The number of hydrogen-bond donors (Lipinski definition) is 1. The van der Waals surface area contributed by atoms with Crippen LogP contribution in [0, 0.1) is 0 Å². The van der Waals surface area contributed by atoms with Crippen LogP contribution < -0.4 is 5.32 Å². The summed E-state index contributed by atoms with van der Waals surface area (Å²) in [5, 5.41) is 9.62. The Morgan fingerprint density at radius 2 is 2.00 bits per heavy atom. The first-order valence-corrected chi connectivity index (χ1v) is 8.91. The Labute approximate surface area is 154 Å². The van der Waals surface area contributed by atoms with Crippen LogP contribution in [0.25, 0.3) is 16.9 Å². The van der Waals surface area contributed by atoms with Gasteiger partial charge in [-0.1, -0.05) is 18.2 Å². The third-order valence-corrected chi connectivity index (χ3v) is 4.49. The van der Waals surface area contributed by atoms with Crippen LogP contribution >= 0.6 is 11.3 Å². The van der Waals surface area contributed by atoms with Crippen LogP contribution in [0.1, 0.15) is 5.56 Å². The van der Waals surface area contributed by atoms with Crippen molar-refractivity contribution in [1.82, 2.24) is 19.7 Å². The van der Waals surface area contributed by atoms with Crippen LogP contribution in [0.5, 0.6) is 0 Å². The molecular weight excluding hydrogens is 346 g/mol. The van der Waals surface area contributed by atoms with E-state index in [4.69, 9.17) is 0 Å². The fraction of sp³-hybridized carbons (Fsp3) is 0.0526. The molecule has 4 aromatic rings. The highest BCUT2D eigenvalue weighted by Crippen LogP contribution is 2.24. The minimum absolute atomic E-state index is 0.121. The monoisotopic (exact) mass is 361 g/mol. The minimum Gasteiger partial charge on any atom is -0.302 e. The molecule has 0 spiro atoms. The van der Waals surface area contributed by atoms with Gasteiger partial charge in [0.25, 0.3) is 0 Å². The summed E-state index contributed by atoms with van der Waals surface area (Å²) in [6, 6.07) is 13.6. The van der Waals surface area contributed by atoms with E-state index in [1.807, 2.05) is 54.0 Å². The minimum atomic E-state index is -0.121. The van der Waals surface area contributed by atoms with Crippen LogP contribution in [0.2, 0.25) is 0 Å². The van der Waals surface area contributed by atoms with Gasteiger partial charge >= 0.3 is 0 Å². The van der Waals surface area contributed by atoms with E-state index < -0.39 is 0 Å². The van der Waals surface area contributed by atoms with Crippen molar-refractivity contribution in [3.8, 4) is 16.9 Å². The van der Waals surface area contributed by atoms with E-state index in [0.717, 1.165) is 22.5 Å². The van der Waals surface area contributed by atoms with Crippen molar-refractivity contribution in [2.24, 2.45) is 0 Å². The van der Waals surface area contributed by atoms with Gasteiger partial charge in [0.15, 0.2) is 5.13 Å². The number of pyridine rings is 1. The maximum Gasteiger partial charge on any atom is 0.230 e. The molecule has 0 aliphatic rings. The van der Waals surface area contributed by atoms with Gasteiger partial charge in [0.2, 0.25) is 5.91 Å². The number of para-hydroxylation sites is 1. The largest absolute Gasteiger partial charge is 0.302 e. The van der Waals surface area contributed by atoms with Crippen molar-refractivity contribution in [3.63, 3.8) is 0 Å². The van der Waals surface area contributed by atoms with E-state index in [-0.39, 0.29) is 12.3 Å². The molecular formula is C19H15N5OS. The number of carbonyl (C=O) groups is 1. The lowest BCUT2D eigenvalue weighted by Gasteiger charge is -2.00. The van der Waals surface area contributed by atoms with Crippen LogP contribution in [0.3, 0.4) is 0 Å². The van der Waals surface area contributed by atoms with E-state index in [9.17, 15) is 4.79 Å². The van der Waals surface area contributed by atoms with Crippen molar-refractivity contribution in [3.05, 3.63) is 78.2 Å². The summed E-state index contributed by atoms with van der Waals surface area (Å²) in [5.74, 6) is -0.121. The Hall–Kier alpha value is -3.32. The molecule has 0 saturated heterocycles. The molecule has 0 bridgehead atoms. The fourth-order valence-electron chi connectivity index (χ4n) is 2.50. The number of nitrogens with zero attached hydrogens (tertiary/aromatic N) is 4. The number of thiazole rings is 1. The Bertz CT molecular complexity index is 929. The molecule has 3 heterocycles. The Morgan fingerprint density at radius 3 is 2.81 bits per heavy atom. The van der Waals surface area contributed by atoms with Gasteiger partial charge in [0.1, 0.15) is 0 Å². The number of rotatable bonds is 5. The predicted octanol–water partition coefficient (Wildman–Crippen LogP) is 3.57. The molecule has 0 aliphatic heterocycles. The number of aromatic nitrogens is 4. The third-order valence-electron chi connectivity index (χ3n) is 3.73. The number of amides is 1. The second kappa shape index (κ2) is 7.28. The van der Waals surface area contributed by atoms with Gasteiger partial charge < -0.3 is 5.32 Å². The van der Waals surface area contributed by atoms with E-state index in [1.54, 1.807) is 23.3 Å². The second-order valence-corrected chi connectivity index (χ2v) is 6.49. The molecule has 1 amide bonds. The summed E-state index contributed by atoms with van der Waals surface area (Å²) in [5.41, 5.74) is 3.53. The normalized spacial score (nSPS) is 10.6. The van der Waals surface area contributed by atoms with E-state index in [0.29, 0.717) is 5.13 Å². The molecule has 1 N–H and O–H groups in total. The molecule has 0 saturated carbocycles. The molecule has 0 radical (unpaired) electrons. The highest BCUT2D eigenvalue weighted by molar-refractivity contribution is 7.14. The smallest absolute Gasteiger partial charge is 0.230 e.